The molecule has 3 aromatic rings. The lowest BCUT2D eigenvalue weighted by Gasteiger charge is -2.27. The normalized spacial score (nSPS) is 11.1. The molecular formula is C24H21F3N2O2. The van der Waals surface area contributed by atoms with E-state index >= 15 is 0 Å². The predicted octanol–water partition coefficient (Wildman–Crippen LogP) is 5.42. The van der Waals surface area contributed by atoms with Gasteiger partial charge in [0.05, 0.1) is 23.5 Å². The second-order valence-corrected chi connectivity index (χ2v) is 7.01. The van der Waals surface area contributed by atoms with E-state index in [9.17, 15) is 22.8 Å². The Morgan fingerprint density at radius 1 is 0.839 bits per heavy atom. The molecule has 0 aliphatic heterocycles. The highest BCUT2D eigenvalue weighted by molar-refractivity contribution is 6.05. The lowest BCUT2D eigenvalue weighted by Crippen LogP contribution is -2.38. The number of alkyl halides is 3. The van der Waals surface area contributed by atoms with Gasteiger partial charge in [-0.1, -0.05) is 42.5 Å². The molecule has 0 aromatic heterocycles. The quantitative estimate of drug-likeness (QED) is 0.593. The summed E-state index contributed by atoms with van der Waals surface area (Å²) in [6, 6.07) is 19.0. The van der Waals surface area contributed by atoms with Crippen molar-refractivity contribution in [2.24, 2.45) is 0 Å². The molecule has 3 aromatic carbocycles. The number of benzene rings is 3. The minimum Gasteiger partial charge on any atom is -0.343 e. The number of carbonyl (C=O) groups is 2. The van der Waals surface area contributed by atoms with Crippen molar-refractivity contribution in [2.45, 2.75) is 20.0 Å². The highest BCUT2D eigenvalue weighted by Crippen LogP contribution is 2.38. The molecule has 0 radical (unpaired) electrons. The van der Waals surface area contributed by atoms with Gasteiger partial charge in [0.15, 0.2) is 0 Å². The number of nitrogens with one attached hydrogen (secondary N) is 1. The number of hydrogen-bond donors (Lipinski definition) is 1. The molecular weight excluding hydrogens is 405 g/mol. The van der Waals surface area contributed by atoms with Gasteiger partial charge in [-0.2, -0.15) is 13.2 Å². The van der Waals surface area contributed by atoms with Crippen molar-refractivity contribution in [3.05, 3.63) is 95.1 Å². The summed E-state index contributed by atoms with van der Waals surface area (Å²) in [5, 5.41) is 2.55. The van der Waals surface area contributed by atoms with Crippen LogP contribution in [0.1, 0.15) is 27.0 Å². The van der Waals surface area contributed by atoms with Crippen LogP contribution in [0.3, 0.4) is 0 Å². The van der Waals surface area contributed by atoms with Crippen molar-refractivity contribution >= 4 is 23.2 Å². The second kappa shape index (κ2) is 9.04. The summed E-state index contributed by atoms with van der Waals surface area (Å²) in [7, 11) is 0. The molecule has 0 spiro atoms. The molecule has 3 rings (SSSR count). The number of halogens is 3. The maximum Gasteiger partial charge on any atom is 0.416 e. The molecule has 7 heteroatoms. The van der Waals surface area contributed by atoms with E-state index in [1.54, 1.807) is 61.5 Å². The topological polar surface area (TPSA) is 49.4 Å². The van der Waals surface area contributed by atoms with Crippen LogP contribution >= 0.6 is 0 Å². The monoisotopic (exact) mass is 426 g/mol. The maximum atomic E-state index is 13.5. The van der Waals surface area contributed by atoms with E-state index in [1.165, 1.54) is 24.0 Å². The third-order valence-electron chi connectivity index (χ3n) is 4.89. The Hall–Kier alpha value is -3.61. The average molecular weight is 426 g/mol. The molecule has 0 bridgehead atoms. The minimum absolute atomic E-state index is 0.0685. The molecule has 0 aliphatic rings. The Bertz CT molecular complexity index is 1100. The molecule has 2 amide bonds. The Morgan fingerprint density at radius 3 is 2.10 bits per heavy atom. The second-order valence-electron chi connectivity index (χ2n) is 7.01. The lowest BCUT2D eigenvalue weighted by molar-refractivity contribution is -0.138. The van der Waals surface area contributed by atoms with Crippen LogP contribution in [0.4, 0.5) is 24.5 Å². The van der Waals surface area contributed by atoms with Gasteiger partial charge in [0, 0.05) is 5.56 Å². The number of carbonyl (C=O) groups excluding carboxylic acids is 2. The number of para-hydroxylation sites is 1. The van der Waals surface area contributed by atoms with E-state index in [-0.39, 0.29) is 17.8 Å². The summed E-state index contributed by atoms with van der Waals surface area (Å²) >= 11 is 0. The molecule has 0 saturated heterocycles. The fourth-order valence-electron chi connectivity index (χ4n) is 3.31. The molecule has 1 N–H and O–H groups in total. The molecule has 0 heterocycles. The lowest BCUT2D eigenvalue weighted by atomic mass is 10.0. The van der Waals surface area contributed by atoms with Crippen molar-refractivity contribution in [1.29, 1.82) is 0 Å². The number of rotatable bonds is 5. The highest BCUT2D eigenvalue weighted by atomic mass is 19.4. The van der Waals surface area contributed by atoms with Crippen LogP contribution in [0.5, 0.6) is 0 Å². The molecule has 0 unspecified atom stereocenters. The zero-order valence-electron chi connectivity index (χ0n) is 17.0. The third-order valence-corrected chi connectivity index (χ3v) is 4.89. The fraction of sp³-hybridized carbons (Fsp3) is 0.167. The van der Waals surface area contributed by atoms with Gasteiger partial charge in [-0.25, -0.2) is 0 Å². The van der Waals surface area contributed by atoms with Gasteiger partial charge in [0.25, 0.3) is 11.8 Å². The summed E-state index contributed by atoms with van der Waals surface area (Å²) in [4.78, 5) is 26.7. The number of amides is 2. The Kier molecular flexibility index (Phi) is 6.44. The SMILES string of the molecule is Cc1ccccc1N(C(=O)CNC(=O)c1ccccc1)c1cccc(C(F)(F)F)c1C. The molecule has 0 atom stereocenters. The summed E-state index contributed by atoms with van der Waals surface area (Å²) in [6.07, 6.45) is -4.55. The van der Waals surface area contributed by atoms with Crippen LogP contribution in [-0.2, 0) is 11.0 Å². The average Bonchev–Trinajstić information content (AvgIpc) is 2.74. The highest BCUT2D eigenvalue weighted by Gasteiger charge is 2.34. The number of anilines is 2. The van der Waals surface area contributed by atoms with Gasteiger partial charge in [0.2, 0.25) is 0 Å². The van der Waals surface area contributed by atoms with Gasteiger partial charge in [0.1, 0.15) is 0 Å². The van der Waals surface area contributed by atoms with E-state index in [1.807, 2.05) is 0 Å². The van der Waals surface area contributed by atoms with Gasteiger partial charge >= 0.3 is 6.18 Å². The molecule has 0 aliphatic carbocycles. The Labute approximate surface area is 178 Å². The van der Waals surface area contributed by atoms with Crippen LogP contribution in [0, 0.1) is 13.8 Å². The van der Waals surface area contributed by atoms with Crippen LogP contribution in [0.25, 0.3) is 0 Å². The predicted molar refractivity (Wildman–Crippen MR) is 113 cm³/mol. The first-order valence-electron chi connectivity index (χ1n) is 9.59. The summed E-state index contributed by atoms with van der Waals surface area (Å²) in [5.41, 5.74) is 0.771. The first kappa shape index (κ1) is 22.1. The minimum atomic E-state index is -4.55. The van der Waals surface area contributed by atoms with Crippen LogP contribution in [0.2, 0.25) is 0 Å². The van der Waals surface area contributed by atoms with Crippen molar-refractivity contribution in [2.75, 3.05) is 11.4 Å². The van der Waals surface area contributed by atoms with Gasteiger partial charge in [-0.3, -0.25) is 14.5 Å². The van der Waals surface area contributed by atoms with E-state index < -0.39 is 23.6 Å². The van der Waals surface area contributed by atoms with Crippen molar-refractivity contribution in [3.8, 4) is 0 Å². The molecule has 160 valence electrons. The fourth-order valence-corrected chi connectivity index (χ4v) is 3.31. The van der Waals surface area contributed by atoms with Gasteiger partial charge < -0.3 is 5.32 Å². The molecule has 0 saturated carbocycles. The first-order valence-corrected chi connectivity index (χ1v) is 9.59. The smallest absolute Gasteiger partial charge is 0.343 e. The van der Waals surface area contributed by atoms with E-state index in [0.29, 0.717) is 16.8 Å². The molecule has 4 nitrogen and oxygen atoms in total. The van der Waals surface area contributed by atoms with E-state index in [2.05, 4.69) is 5.32 Å². The molecule has 31 heavy (non-hydrogen) atoms. The van der Waals surface area contributed by atoms with Crippen LogP contribution in [-0.4, -0.2) is 18.4 Å². The summed E-state index contributed by atoms with van der Waals surface area (Å²) in [5.74, 6) is -1.000. The van der Waals surface area contributed by atoms with Gasteiger partial charge in [-0.05, 0) is 55.3 Å². The van der Waals surface area contributed by atoms with Crippen LogP contribution in [0.15, 0.2) is 72.8 Å². The first-order chi connectivity index (χ1) is 14.7. The van der Waals surface area contributed by atoms with Crippen molar-refractivity contribution < 1.29 is 22.8 Å². The molecule has 0 fully saturated rings. The van der Waals surface area contributed by atoms with E-state index in [0.717, 1.165) is 6.07 Å². The Balaban J connectivity index is 1.98. The third kappa shape index (κ3) is 4.94. The number of aryl methyl sites for hydroxylation is 1. The van der Waals surface area contributed by atoms with Crippen LogP contribution < -0.4 is 10.2 Å². The zero-order chi connectivity index (χ0) is 22.6. The van der Waals surface area contributed by atoms with Crippen molar-refractivity contribution in [1.82, 2.24) is 5.32 Å². The number of hydrogen-bond acceptors (Lipinski definition) is 2. The largest absolute Gasteiger partial charge is 0.416 e. The summed E-state index contributed by atoms with van der Waals surface area (Å²) < 4.78 is 40.4. The Morgan fingerprint density at radius 2 is 1.45 bits per heavy atom. The van der Waals surface area contributed by atoms with Crippen molar-refractivity contribution in [3.63, 3.8) is 0 Å². The number of nitrogens with zero attached hydrogens (tertiary/aromatic N) is 1. The summed E-state index contributed by atoms with van der Waals surface area (Å²) in [6.45, 7) is 2.72. The van der Waals surface area contributed by atoms with E-state index in [4.69, 9.17) is 0 Å². The maximum absolute atomic E-state index is 13.5. The zero-order valence-corrected chi connectivity index (χ0v) is 17.0. The standard InChI is InChI=1S/C24H21F3N2O2/c1-16-9-6-7-13-20(16)29(21-14-8-12-19(17(21)2)24(25,26)27)22(30)15-28-23(31)18-10-4-3-5-11-18/h3-14H,15H2,1-2H3,(H,28,31). The van der Waals surface area contributed by atoms with Gasteiger partial charge in [-0.15, -0.1) is 0 Å².